The molecule has 9 heteroatoms. The van der Waals surface area contributed by atoms with Crippen LogP contribution in [0.15, 0.2) is 60.8 Å². The van der Waals surface area contributed by atoms with Gasteiger partial charge in [-0.3, -0.25) is 9.59 Å². The monoisotopic (exact) mass is 506 g/mol. The van der Waals surface area contributed by atoms with Gasteiger partial charge in [-0.05, 0) is 43.7 Å². The summed E-state index contributed by atoms with van der Waals surface area (Å²) in [7, 11) is 1.74. The molecular weight excluding hydrogens is 475 g/mol. The van der Waals surface area contributed by atoms with E-state index >= 15 is 0 Å². The zero-order valence-electron chi connectivity index (χ0n) is 21.3. The first kappa shape index (κ1) is 26.2. The van der Waals surface area contributed by atoms with Crippen LogP contribution < -0.4 is 4.74 Å². The first-order valence-corrected chi connectivity index (χ1v) is 12.1. The number of ether oxygens (including phenoxy) is 2. The van der Waals surface area contributed by atoms with Crippen molar-refractivity contribution in [3.63, 3.8) is 0 Å². The van der Waals surface area contributed by atoms with Gasteiger partial charge >= 0.3 is 0 Å². The third kappa shape index (κ3) is 6.68. The number of hydrogen-bond donors (Lipinski definition) is 0. The highest BCUT2D eigenvalue weighted by molar-refractivity contribution is 5.95. The van der Waals surface area contributed by atoms with Crippen LogP contribution in [0.5, 0.6) is 5.75 Å². The van der Waals surface area contributed by atoms with Crippen molar-refractivity contribution < 1.29 is 23.5 Å². The zero-order chi connectivity index (χ0) is 26.4. The van der Waals surface area contributed by atoms with E-state index in [1.165, 1.54) is 30.5 Å². The molecule has 1 aromatic heterocycles. The molecule has 0 N–H and O–H groups in total. The van der Waals surface area contributed by atoms with E-state index in [4.69, 9.17) is 9.47 Å². The van der Waals surface area contributed by atoms with Crippen LogP contribution in [0.3, 0.4) is 0 Å². The summed E-state index contributed by atoms with van der Waals surface area (Å²) < 4.78 is 25.5. The second-order valence-corrected chi connectivity index (χ2v) is 9.33. The van der Waals surface area contributed by atoms with E-state index in [9.17, 15) is 14.0 Å². The number of halogens is 1. The molecule has 4 rings (SSSR count). The normalized spacial score (nSPS) is 17.4. The van der Waals surface area contributed by atoms with Gasteiger partial charge in [-0.2, -0.15) is 0 Å². The quantitative estimate of drug-likeness (QED) is 0.465. The van der Waals surface area contributed by atoms with Gasteiger partial charge in [0.2, 0.25) is 5.91 Å². The minimum atomic E-state index is -1.09. The Hall–Kier alpha value is -3.85. The maximum Gasteiger partial charge on any atom is 0.257 e. The van der Waals surface area contributed by atoms with E-state index < -0.39 is 5.60 Å². The number of aromatic nitrogens is 2. The van der Waals surface area contributed by atoms with Crippen LogP contribution in [0.2, 0.25) is 0 Å². The molecule has 2 amide bonds. The van der Waals surface area contributed by atoms with Crippen molar-refractivity contribution in [3.05, 3.63) is 89.3 Å². The Balaban J connectivity index is 1.54. The molecule has 1 saturated heterocycles. The lowest BCUT2D eigenvalue weighted by molar-refractivity contribution is -0.152. The number of benzene rings is 2. The largest absolute Gasteiger partial charge is 0.490 e. The summed E-state index contributed by atoms with van der Waals surface area (Å²) in [6.45, 7) is 4.73. The number of hydrogen-bond acceptors (Lipinski definition) is 6. The number of rotatable bonds is 8. The Kier molecular flexibility index (Phi) is 8.13. The van der Waals surface area contributed by atoms with Crippen LogP contribution in [0.25, 0.3) is 0 Å². The maximum atomic E-state index is 13.4. The molecular formula is C28H31FN4O4. The van der Waals surface area contributed by atoms with Crippen molar-refractivity contribution in [3.8, 4) is 5.75 Å². The molecule has 1 aliphatic heterocycles. The van der Waals surface area contributed by atoms with Crippen LogP contribution in [0.4, 0.5) is 4.39 Å². The second kappa shape index (κ2) is 11.5. The second-order valence-electron chi connectivity index (χ2n) is 9.33. The van der Waals surface area contributed by atoms with Crippen molar-refractivity contribution in [1.29, 1.82) is 0 Å². The summed E-state index contributed by atoms with van der Waals surface area (Å²) in [5.74, 6) is 0.291. The predicted molar refractivity (Wildman–Crippen MR) is 136 cm³/mol. The van der Waals surface area contributed by atoms with Crippen molar-refractivity contribution in [2.24, 2.45) is 0 Å². The van der Waals surface area contributed by atoms with Gasteiger partial charge in [0.1, 0.15) is 29.6 Å². The molecule has 37 heavy (non-hydrogen) atoms. The number of carbonyl (C=O) groups is 2. The van der Waals surface area contributed by atoms with E-state index in [1.54, 1.807) is 30.7 Å². The Labute approximate surface area is 216 Å². The van der Waals surface area contributed by atoms with Gasteiger partial charge in [-0.25, -0.2) is 14.4 Å². The average molecular weight is 507 g/mol. The van der Waals surface area contributed by atoms with Gasteiger partial charge < -0.3 is 19.3 Å². The summed E-state index contributed by atoms with van der Waals surface area (Å²) in [6, 6.07) is 15.3. The summed E-state index contributed by atoms with van der Waals surface area (Å²) >= 11 is 0. The molecule has 1 atom stereocenters. The summed E-state index contributed by atoms with van der Waals surface area (Å²) in [4.78, 5) is 38.5. The maximum absolute atomic E-state index is 13.4. The lowest BCUT2D eigenvalue weighted by Gasteiger charge is -2.42. The van der Waals surface area contributed by atoms with Crippen molar-refractivity contribution in [1.82, 2.24) is 19.8 Å². The molecule has 0 spiro atoms. The lowest BCUT2D eigenvalue weighted by atomic mass is 9.96. The summed E-state index contributed by atoms with van der Waals surface area (Å²) in [5, 5.41) is 0. The number of carbonyl (C=O) groups excluding carboxylic acids is 2. The fourth-order valence-corrected chi connectivity index (χ4v) is 4.33. The molecule has 0 saturated carbocycles. The summed E-state index contributed by atoms with van der Waals surface area (Å²) in [6.07, 6.45) is 1.54. The van der Waals surface area contributed by atoms with E-state index in [2.05, 4.69) is 9.97 Å². The first-order chi connectivity index (χ1) is 17.7. The van der Waals surface area contributed by atoms with Gasteiger partial charge in [0.05, 0.1) is 30.8 Å². The molecule has 1 fully saturated rings. The Morgan fingerprint density at radius 3 is 2.57 bits per heavy atom. The first-order valence-electron chi connectivity index (χ1n) is 12.1. The standard InChI is InChI=1S/C28H31FN4O4/c1-20-25(16-30-21(2)31-20)27(35)33-13-14-37-28(18-33,19-36-24-11-9-23(29)10-12-24)15-26(34)32(3)17-22-7-5-4-6-8-22/h4-12,16H,13-15,17-19H2,1-3H3. The summed E-state index contributed by atoms with van der Waals surface area (Å²) in [5.41, 5.74) is 0.916. The van der Waals surface area contributed by atoms with Crippen LogP contribution in [-0.4, -0.2) is 70.5 Å². The lowest BCUT2D eigenvalue weighted by Crippen LogP contribution is -2.58. The van der Waals surface area contributed by atoms with Gasteiger partial charge in [0, 0.05) is 26.3 Å². The Morgan fingerprint density at radius 1 is 1.14 bits per heavy atom. The minimum Gasteiger partial charge on any atom is -0.490 e. The van der Waals surface area contributed by atoms with Gasteiger partial charge in [-0.1, -0.05) is 30.3 Å². The molecule has 2 heterocycles. The SMILES string of the molecule is Cc1ncc(C(=O)N2CCOC(COc3ccc(F)cc3)(CC(=O)N(C)Cc3ccccc3)C2)c(C)n1. The number of morpholine rings is 1. The molecule has 3 aromatic rings. The topological polar surface area (TPSA) is 84.9 Å². The van der Waals surface area contributed by atoms with Crippen LogP contribution >= 0.6 is 0 Å². The van der Waals surface area contributed by atoms with E-state index in [1.807, 2.05) is 30.3 Å². The fourth-order valence-electron chi connectivity index (χ4n) is 4.33. The van der Waals surface area contributed by atoms with Crippen molar-refractivity contribution >= 4 is 11.8 Å². The average Bonchev–Trinajstić information content (AvgIpc) is 2.89. The molecule has 8 nitrogen and oxygen atoms in total. The third-order valence-corrected chi connectivity index (χ3v) is 6.34. The van der Waals surface area contributed by atoms with Crippen LogP contribution in [0.1, 0.15) is 33.9 Å². The number of aryl methyl sites for hydroxylation is 2. The van der Waals surface area contributed by atoms with Crippen molar-refractivity contribution in [2.45, 2.75) is 32.4 Å². The number of nitrogens with zero attached hydrogens (tertiary/aromatic N) is 4. The van der Waals surface area contributed by atoms with E-state index in [-0.39, 0.29) is 43.8 Å². The fraction of sp³-hybridized carbons (Fsp3) is 0.357. The van der Waals surface area contributed by atoms with Crippen LogP contribution in [-0.2, 0) is 16.1 Å². The number of amides is 2. The molecule has 0 bridgehead atoms. The molecule has 0 radical (unpaired) electrons. The third-order valence-electron chi connectivity index (χ3n) is 6.34. The highest BCUT2D eigenvalue weighted by Gasteiger charge is 2.42. The smallest absolute Gasteiger partial charge is 0.257 e. The Bertz CT molecular complexity index is 1240. The molecule has 1 unspecified atom stereocenters. The van der Waals surface area contributed by atoms with Crippen molar-refractivity contribution in [2.75, 3.05) is 33.4 Å². The van der Waals surface area contributed by atoms with E-state index in [0.717, 1.165) is 5.56 Å². The molecule has 1 aliphatic rings. The highest BCUT2D eigenvalue weighted by Crippen LogP contribution is 2.27. The van der Waals surface area contributed by atoms with E-state index in [0.29, 0.717) is 35.9 Å². The zero-order valence-corrected chi connectivity index (χ0v) is 21.3. The molecule has 2 aromatic carbocycles. The van der Waals surface area contributed by atoms with Gasteiger partial charge in [0.25, 0.3) is 5.91 Å². The predicted octanol–water partition coefficient (Wildman–Crippen LogP) is 3.57. The highest BCUT2D eigenvalue weighted by atomic mass is 19.1. The Morgan fingerprint density at radius 2 is 1.86 bits per heavy atom. The van der Waals surface area contributed by atoms with Crippen LogP contribution in [0, 0.1) is 19.7 Å². The van der Waals surface area contributed by atoms with Gasteiger partial charge in [0.15, 0.2) is 0 Å². The molecule has 0 aliphatic carbocycles. The molecule has 194 valence electrons. The van der Waals surface area contributed by atoms with Gasteiger partial charge in [-0.15, -0.1) is 0 Å². The minimum absolute atomic E-state index is 0.00465.